The number of methoxy groups -OCH3 is 3. The smallest absolute Gasteiger partial charge is 0.338 e. The van der Waals surface area contributed by atoms with E-state index < -0.39 is 119 Å². The van der Waals surface area contributed by atoms with Crippen molar-refractivity contribution in [2.45, 2.75) is 209 Å². The molecule has 3 saturated carbocycles. The Morgan fingerprint density at radius 1 is 0.727 bits per heavy atom. The van der Waals surface area contributed by atoms with Gasteiger partial charge < -0.3 is 72.9 Å². The van der Waals surface area contributed by atoms with Gasteiger partial charge in [0.1, 0.15) is 47.0 Å². The molecule has 20 atom stereocenters. The quantitative estimate of drug-likeness (QED) is 0.147. The van der Waals surface area contributed by atoms with E-state index in [2.05, 4.69) is 6.92 Å². The second-order valence-corrected chi connectivity index (χ2v) is 20.5. The van der Waals surface area contributed by atoms with Gasteiger partial charge in [-0.15, -0.1) is 0 Å². The van der Waals surface area contributed by atoms with Gasteiger partial charge >= 0.3 is 5.97 Å². The number of benzene rings is 1. The van der Waals surface area contributed by atoms with Crippen LogP contribution in [-0.4, -0.2) is 161 Å². The van der Waals surface area contributed by atoms with Crippen LogP contribution >= 0.6 is 0 Å². The lowest BCUT2D eigenvalue weighted by Crippen LogP contribution is -2.78. The van der Waals surface area contributed by atoms with Crippen molar-refractivity contribution in [2.75, 3.05) is 21.3 Å². The van der Waals surface area contributed by atoms with Crippen LogP contribution in [0.1, 0.15) is 116 Å². The van der Waals surface area contributed by atoms with Gasteiger partial charge in [0, 0.05) is 46.5 Å². The average molecular weight is 933 g/mol. The van der Waals surface area contributed by atoms with Gasteiger partial charge in [-0.1, -0.05) is 18.6 Å². The Morgan fingerprint density at radius 2 is 1.27 bits per heavy atom. The van der Waals surface area contributed by atoms with Gasteiger partial charge in [0.15, 0.2) is 24.7 Å². The molecule has 8 rings (SSSR count). The minimum absolute atomic E-state index is 0.0274. The molecule has 17 heteroatoms. The molecule has 0 radical (unpaired) electrons. The number of carbonyl (C=O) groups excluding carboxylic acids is 2. The lowest BCUT2D eigenvalue weighted by atomic mass is 9.42. The van der Waals surface area contributed by atoms with Crippen molar-refractivity contribution in [2.24, 2.45) is 16.7 Å². The summed E-state index contributed by atoms with van der Waals surface area (Å²) in [6.07, 6.45) is -2.66. The van der Waals surface area contributed by atoms with E-state index in [-0.39, 0.29) is 49.2 Å². The minimum atomic E-state index is -2.07. The normalized spacial score (nSPS) is 48.1. The van der Waals surface area contributed by atoms with Crippen LogP contribution in [0.4, 0.5) is 0 Å². The Bertz CT molecular complexity index is 1950. The fourth-order valence-corrected chi connectivity index (χ4v) is 13.2. The van der Waals surface area contributed by atoms with E-state index in [9.17, 15) is 35.1 Å². The third-order valence-electron chi connectivity index (χ3n) is 17.2. The fraction of sp³-hybridized carbons (Fsp3) is 0.796. The number of Topliss-reactive ketones (excluding diaryl/α,β-unsaturated/α-hetero) is 1. The van der Waals surface area contributed by atoms with Crippen molar-refractivity contribution in [3.8, 4) is 5.75 Å². The first-order chi connectivity index (χ1) is 31.2. The molecule has 3 saturated heterocycles. The third kappa shape index (κ3) is 8.18. The number of aromatic hydroxyl groups is 1. The highest BCUT2D eigenvalue weighted by Crippen LogP contribution is 2.71. The molecule has 0 unspecified atom stereocenters. The summed E-state index contributed by atoms with van der Waals surface area (Å²) in [7, 11) is 4.82. The molecule has 1 aromatic rings. The third-order valence-corrected chi connectivity index (χ3v) is 17.2. The highest BCUT2D eigenvalue weighted by molar-refractivity contribution is 5.90. The van der Waals surface area contributed by atoms with Crippen molar-refractivity contribution in [1.29, 1.82) is 0 Å². The molecule has 370 valence electrons. The van der Waals surface area contributed by atoms with E-state index >= 15 is 0 Å². The zero-order valence-electron chi connectivity index (χ0n) is 39.8. The number of phenolic OH excluding ortho intramolecular Hbond substituents is 1. The van der Waals surface area contributed by atoms with Gasteiger partial charge in [-0.05, 0) is 109 Å². The maximum absolute atomic E-state index is 13.7. The Hall–Kier alpha value is -2.62. The molecule has 3 heterocycles. The molecule has 3 aliphatic heterocycles. The van der Waals surface area contributed by atoms with Gasteiger partial charge in [-0.2, -0.15) is 0 Å². The zero-order valence-corrected chi connectivity index (χ0v) is 39.8. The lowest BCUT2D eigenvalue weighted by Gasteiger charge is -2.67. The summed E-state index contributed by atoms with van der Waals surface area (Å²) >= 11 is 0. The van der Waals surface area contributed by atoms with Crippen LogP contribution in [0.15, 0.2) is 35.9 Å². The topological polar surface area (TPSA) is 228 Å². The Kier molecular flexibility index (Phi) is 14.0. The van der Waals surface area contributed by atoms with Crippen molar-refractivity contribution < 1.29 is 82.5 Å². The predicted molar refractivity (Wildman–Crippen MR) is 233 cm³/mol. The monoisotopic (exact) mass is 932 g/mol. The van der Waals surface area contributed by atoms with Gasteiger partial charge in [0.25, 0.3) is 0 Å². The number of rotatable bonds is 12. The summed E-state index contributed by atoms with van der Waals surface area (Å²) < 4.78 is 62.1. The van der Waals surface area contributed by atoms with Gasteiger partial charge in [-0.25, -0.2) is 4.79 Å². The summed E-state index contributed by atoms with van der Waals surface area (Å²) in [5.41, 5.74) is -7.01. The molecule has 0 spiro atoms. The van der Waals surface area contributed by atoms with Crippen LogP contribution in [0, 0.1) is 16.7 Å². The van der Waals surface area contributed by atoms with E-state index in [1.165, 1.54) is 31.2 Å². The molecule has 0 aromatic heterocycles. The molecule has 4 aliphatic carbocycles. The van der Waals surface area contributed by atoms with Crippen LogP contribution in [0.25, 0.3) is 0 Å². The van der Waals surface area contributed by atoms with Crippen molar-refractivity contribution in [3.63, 3.8) is 0 Å². The number of phenols is 1. The predicted octanol–water partition coefficient (Wildman–Crippen LogP) is 4.01. The SMILES string of the molecule is CO[C@H]1C[C@@H](O[C@@H]2[C@H](C)O[C@@H](O[C@@H]3[C@H](C)O[C@@H](O[C@H]4CC[C@@]5(C)C(=CC[C@@]6(O)[C@H]5C[C@@H](OC(=O)c5ccc(O)cc5)[C@@]5(C)[C@]6(O)CC[C@@]5(O)C(C)=O)C4)C[C@@H]3OC)C[C@@H]2OC)O[C@H](C)[C@H]1O. The van der Waals surface area contributed by atoms with Crippen molar-refractivity contribution >= 4 is 11.8 Å². The van der Waals surface area contributed by atoms with Crippen molar-refractivity contribution in [1.82, 2.24) is 0 Å². The first kappa shape index (κ1) is 49.8. The Labute approximate surface area is 387 Å². The van der Waals surface area contributed by atoms with E-state index in [1.54, 1.807) is 35.2 Å². The molecule has 6 fully saturated rings. The number of ketones is 1. The number of fused-ring (bicyclic) bond motifs is 5. The molecule has 0 bridgehead atoms. The van der Waals surface area contributed by atoms with Crippen LogP contribution in [0.5, 0.6) is 5.75 Å². The molecule has 1 aromatic carbocycles. The summed E-state index contributed by atoms with van der Waals surface area (Å²) in [6.45, 7) is 10.5. The minimum Gasteiger partial charge on any atom is -0.508 e. The molecule has 7 aliphatic rings. The van der Waals surface area contributed by atoms with E-state index in [4.69, 9.17) is 47.4 Å². The van der Waals surface area contributed by atoms with Gasteiger partial charge in [0.2, 0.25) is 0 Å². The Balaban J connectivity index is 0.927. The highest BCUT2D eigenvalue weighted by atomic mass is 16.7. The van der Waals surface area contributed by atoms with Crippen LogP contribution in [0.3, 0.4) is 0 Å². The van der Waals surface area contributed by atoms with Crippen LogP contribution in [-0.2, 0) is 52.2 Å². The number of esters is 1. The second kappa shape index (κ2) is 18.6. The second-order valence-electron chi connectivity index (χ2n) is 20.5. The molecule has 17 nitrogen and oxygen atoms in total. The van der Waals surface area contributed by atoms with Crippen LogP contribution < -0.4 is 0 Å². The van der Waals surface area contributed by atoms with E-state index in [0.717, 1.165) is 5.57 Å². The number of hydrogen-bond donors (Lipinski definition) is 5. The van der Waals surface area contributed by atoms with Gasteiger partial charge in [-0.3, -0.25) is 4.79 Å². The Morgan fingerprint density at radius 3 is 1.83 bits per heavy atom. The number of aliphatic hydroxyl groups is 4. The van der Waals surface area contributed by atoms with Gasteiger partial charge in [0.05, 0.1) is 53.7 Å². The zero-order chi connectivity index (χ0) is 47.7. The van der Waals surface area contributed by atoms with E-state index in [1.807, 2.05) is 19.9 Å². The molecule has 0 amide bonds. The number of carbonyl (C=O) groups is 2. The summed E-state index contributed by atoms with van der Waals surface area (Å²) in [5, 5.41) is 58.2. The highest BCUT2D eigenvalue weighted by Gasteiger charge is 2.81. The largest absolute Gasteiger partial charge is 0.508 e. The molecular weight excluding hydrogens is 861 g/mol. The molecule has 66 heavy (non-hydrogen) atoms. The first-order valence-corrected chi connectivity index (χ1v) is 23.7. The number of ether oxygens (including phenoxy) is 10. The standard InChI is InChI=1S/C49H72O17/c1-25-41(52)33(57-7)21-39(60-25)65-43-27(3)62-40(23-35(43)59-9)66-42-26(2)61-38(22-34(42)58-8)63-32-15-16-45(5)30(20-32)14-17-48(55)36(45)24-37(64-44(53)29-10-12-31(51)13-11-29)46(6)47(54,28(4)50)18-19-49(46,48)56/h10-14,25-27,32-43,51-52,54-56H,15-24H2,1-9H3/t25-,26+,27+,32+,33+,34+,35+,36+,37-,38+,39-,40+,41-,42-,43-,45+,46-,47-,48-,49-/m1/s1. The average Bonchev–Trinajstić information content (AvgIpc) is 3.51. The number of hydrogen-bond acceptors (Lipinski definition) is 17. The summed E-state index contributed by atoms with van der Waals surface area (Å²) in [6, 6.07) is 5.59. The summed E-state index contributed by atoms with van der Waals surface area (Å²) in [4.78, 5) is 27.0. The molecule has 5 N–H and O–H groups in total. The lowest BCUT2D eigenvalue weighted by molar-refractivity contribution is -0.338. The van der Waals surface area contributed by atoms with Crippen LogP contribution in [0.2, 0.25) is 0 Å². The fourth-order valence-electron chi connectivity index (χ4n) is 13.2. The molecular formula is C49H72O17. The maximum Gasteiger partial charge on any atom is 0.338 e. The summed E-state index contributed by atoms with van der Waals surface area (Å²) in [5.74, 6) is -1.94. The first-order valence-electron chi connectivity index (χ1n) is 23.7. The maximum atomic E-state index is 13.7. The number of aliphatic hydroxyl groups excluding tert-OH is 1. The van der Waals surface area contributed by atoms with Crippen molar-refractivity contribution in [3.05, 3.63) is 41.5 Å². The van der Waals surface area contributed by atoms with E-state index in [0.29, 0.717) is 38.5 Å².